The van der Waals surface area contributed by atoms with Gasteiger partial charge in [-0.25, -0.2) is 4.39 Å². The Morgan fingerprint density at radius 1 is 1.04 bits per heavy atom. The number of benzene rings is 2. The second kappa shape index (κ2) is 8.25. The predicted octanol–water partition coefficient (Wildman–Crippen LogP) is 3.27. The summed E-state index contributed by atoms with van der Waals surface area (Å²) < 4.78 is 13.1. The van der Waals surface area contributed by atoms with Crippen LogP contribution in [0.3, 0.4) is 0 Å². The number of hydrogen-bond acceptors (Lipinski definition) is 3. The first-order valence-electron chi connectivity index (χ1n) is 9.53. The van der Waals surface area contributed by atoms with E-state index in [0.29, 0.717) is 6.54 Å². The minimum Gasteiger partial charge on any atom is -0.368 e. The van der Waals surface area contributed by atoms with Crippen molar-refractivity contribution in [1.82, 2.24) is 15.2 Å². The van der Waals surface area contributed by atoms with Crippen molar-refractivity contribution < 1.29 is 4.39 Å². The number of rotatable bonds is 3. The van der Waals surface area contributed by atoms with Crippen LogP contribution in [-0.2, 0) is 6.54 Å². The number of anilines is 1. The molecule has 1 aliphatic heterocycles. The summed E-state index contributed by atoms with van der Waals surface area (Å²) in [5.74, 6) is 0.696. The van der Waals surface area contributed by atoms with Gasteiger partial charge in [-0.1, -0.05) is 24.3 Å². The molecule has 28 heavy (non-hydrogen) atoms. The zero-order valence-electron chi connectivity index (χ0n) is 16.0. The SMILES string of the molecule is CN=C(NCc1cccc2cccnc12)N1CCN(c2ccc(F)cc2)CC1. The van der Waals surface area contributed by atoms with Gasteiger partial charge in [-0.2, -0.15) is 0 Å². The van der Waals surface area contributed by atoms with Gasteiger partial charge in [0.25, 0.3) is 0 Å². The number of hydrogen-bond donors (Lipinski definition) is 1. The second-order valence-corrected chi connectivity index (χ2v) is 6.84. The fourth-order valence-corrected chi connectivity index (χ4v) is 3.64. The summed E-state index contributed by atoms with van der Waals surface area (Å²) in [4.78, 5) is 13.5. The summed E-state index contributed by atoms with van der Waals surface area (Å²) >= 11 is 0. The highest BCUT2D eigenvalue weighted by atomic mass is 19.1. The Hall–Kier alpha value is -3.15. The second-order valence-electron chi connectivity index (χ2n) is 6.84. The molecule has 5 nitrogen and oxygen atoms in total. The molecule has 0 atom stereocenters. The van der Waals surface area contributed by atoms with Gasteiger partial charge in [-0.15, -0.1) is 0 Å². The molecular formula is C22H24FN5. The Labute approximate surface area is 164 Å². The first-order valence-corrected chi connectivity index (χ1v) is 9.53. The van der Waals surface area contributed by atoms with Crippen molar-refractivity contribution >= 4 is 22.5 Å². The molecule has 3 aromatic rings. The van der Waals surface area contributed by atoms with Crippen LogP contribution in [0.25, 0.3) is 10.9 Å². The van der Waals surface area contributed by atoms with E-state index in [1.165, 1.54) is 12.1 Å². The largest absolute Gasteiger partial charge is 0.368 e. The number of nitrogens with zero attached hydrogens (tertiary/aromatic N) is 4. The molecule has 1 aliphatic rings. The number of halogens is 1. The zero-order valence-corrected chi connectivity index (χ0v) is 16.0. The highest BCUT2D eigenvalue weighted by Crippen LogP contribution is 2.18. The molecule has 0 radical (unpaired) electrons. The Balaban J connectivity index is 1.38. The number of aliphatic imine (C=N–C) groups is 1. The number of guanidine groups is 1. The van der Waals surface area contributed by atoms with Gasteiger partial charge in [0.15, 0.2) is 5.96 Å². The molecular weight excluding hydrogens is 353 g/mol. The van der Waals surface area contributed by atoms with Gasteiger partial charge in [0.2, 0.25) is 0 Å². The molecule has 0 unspecified atom stereocenters. The fraction of sp³-hybridized carbons (Fsp3) is 0.273. The first kappa shape index (κ1) is 18.2. The number of fused-ring (bicyclic) bond motifs is 1. The smallest absolute Gasteiger partial charge is 0.194 e. The van der Waals surface area contributed by atoms with Gasteiger partial charge in [-0.05, 0) is 35.9 Å². The Kier molecular flexibility index (Phi) is 5.37. The third kappa shape index (κ3) is 3.91. The van der Waals surface area contributed by atoms with Crippen molar-refractivity contribution in [3.8, 4) is 0 Å². The quantitative estimate of drug-likeness (QED) is 0.562. The maximum Gasteiger partial charge on any atom is 0.194 e. The number of piperazine rings is 1. The average molecular weight is 377 g/mol. The van der Waals surface area contributed by atoms with Crippen LogP contribution in [-0.4, -0.2) is 49.1 Å². The summed E-state index contributed by atoms with van der Waals surface area (Å²) in [5, 5.41) is 4.62. The van der Waals surface area contributed by atoms with Crippen LogP contribution in [0.5, 0.6) is 0 Å². The van der Waals surface area contributed by atoms with Crippen LogP contribution in [0.15, 0.2) is 65.8 Å². The molecule has 4 rings (SSSR count). The van der Waals surface area contributed by atoms with E-state index in [9.17, 15) is 4.39 Å². The lowest BCUT2D eigenvalue weighted by atomic mass is 10.1. The molecule has 6 heteroatoms. The van der Waals surface area contributed by atoms with Gasteiger partial charge in [-0.3, -0.25) is 9.98 Å². The van der Waals surface area contributed by atoms with Crippen molar-refractivity contribution in [2.24, 2.45) is 4.99 Å². The van der Waals surface area contributed by atoms with E-state index >= 15 is 0 Å². The summed E-state index contributed by atoms with van der Waals surface area (Å²) in [6.07, 6.45) is 1.83. The van der Waals surface area contributed by atoms with E-state index in [4.69, 9.17) is 0 Å². The molecule has 144 valence electrons. The zero-order chi connectivity index (χ0) is 19.3. The van der Waals surface area contributed by atoms with Gasteiger partial charge in [0, 0.05) is 57.0 Å². The van der Waals surface area contributed by atoms with Crippen molar-refractivity contribution in [1.29, 1.82) is 0 Å². The first-order chi connectivity index (χ1) is 13.7. The predicted molar refractivity (Wildman–Crippen MR) is 112 cm³/mol. The molecule has 0 spiro atoms. The molecule has 1 N–H and O–H groups in total. The van der Waals surface area contributed by atoms with E-state index in [1.54, 1.807) is 0 Å². The Morgan fingerprint density at radius 3 is 2.54 bits per heavy atom. The number of nitrogens with one attached hydrogen (secondary N) is 1. The molecule has 0 amide bonds. The van der Waals surface area contributed by atoms with Gasteiger partial charge in [0.1, 0.15) is 5.82 Å². The lowest BCUT2D eigenvalue weighted by molar-refractivity contribution is 0.372. The Morgan fingerprint density at radius 2 is 1.79 bits per heavy atom. The highest BCUT2D eigenvalue weighted by molar-refractivity contribution is 5.83. The molecule has 2 heterocycles. The van der Waals surface area contributed by atoms with Crippen LogP contribution in [0.2, 0.25) is 0 Å². The summed E-state index contributed by atoms with van der Waals surface area (Å²) in [6, 6.07) is 17.0. The molecule has 1 saturated heterocycles. The molecule has 1 aromatic heterocycles. The summed E-state index contributed by atoms with van der Waals surface area (Å²) in [5.41, 5.74) is 3.24. The minimum absolute atomic E-state index is 0.199. The van der Waals surface area contributed by atoms with E-state index in [1.807, 2.05) is 31.4 Å². The Bertz CT molecular complexity index is 957. The van der Waals surface area contributed by atoms with E-state index in [2.05, 4.69) is 49.4 Å². The molecule has 1 fully saturated rings. The van der Waals surface area contributed by atoms with Crippen molar-refractivity contribution in [3.05, 3.63) is 72.2 Å². The summed E-state index contributed by atoms with van der Waals surface area (Å²) in [6.45, 7) is 4.17. The highest BCUT2D eigenvalue weighted by Gasteiger charge is 2.20. The minimum atomic E-state index is -0.199. The molecule has 0 bridgehead atoms. The van der Waals surface area contributed by atoms with Crippen LogP contribution in [0.1, 0.15) is 5.56 Å². The molecule has 0 saturated carbocycles. The monoisotopic (exact) mass is 377 g/mol. The molecule has 2 aromatic carbocycles. The normalized spacial score (nSPS) is 15.1. The lowest BCUT2D eigenvalue weighted by Gasteiger charge is -2.37. The number of pyridine rings is 1. The fourth-order valence-electron chi connectivity index (χ4n) is 3.64. The van der Waals surface area contributed by atoms with Crippen molar-refractivity contribution in [2.45, 2.75) is 6.54 Å². The third-order valence-electron chi connectivity index (χ3n) is 5.14. The topological polar surface area (TPSA) is 43.8 Å². The van der Waals surface area contributed by atoms with E-state index in [0.717, 1.165) is 54.3 Å². The maximum absolute atomic E-state index is 13.1. The number of aromatic nitrogens is 1. The standard InChI is InChI=1S/C22H24FN5/c1-24-22(26-16-18-5-2-4-17-6-3-11-25-21(17)18)28-14-12-27(13-15-28)20-9-7-19(23)8-10-20/h2-11H,12-16H2,1H3,(H,24,26). The van der Waals surface area contributed by atoms with Crippen molar-refractivity contribution in [3.63, 3.8) is 0 Å². The van der Waals surface area contributed by atoms with Crippen LogP contribution in [0, 0.1) is 5.82 Å². The van der Waals surface area contributed by atoms with Gasteiger partial charge >= 0.3 is 0 Å². The lowest BCUT2D eigenvalue weighted by Crippen LogP contribution is -2.52. The van der Waals surface area contributed by atoms with Crippen LogP contribution in [0.4, 0.5) is 10.1 Å². The van der Waals surface area contributed by atoms with Crippen molar-refractivity contribution in [2.75, 3.05) is 38.1 Å². The average Bonchev–Trinajstić information content (AvgIpc) is 2.75. The van der Waals surface area contributed by atoms with E-state index < -0.39 is 0 Å². The number of para-hydroxylation sites is 1. The van der Waals surface area contributed by atoms with E-state index in [-0.39, 0.29) is 5.82 Å². The van der Waals surface area contributed by atoms with Gasteiger partial charge in [0.05, 0.1) is 5.52 Å². The third-order valence-corrected chi connectivity index (χ3v) is 5.14. The molecule has 0 aliphatic carbocycles. The summed E-state index contributed by atoms with van der Waals surface area (Å²) in [7, 11) is 1.82. The maximum atomic E-state index is 13.1. The van der Waals surface area contributed by atoms with Crippen LogP contribution < -0.4 is 10.2 Å². The van der Waals surface area contributed by atoms with Gasteiger partial charge < -0.3 is 15.1 Å². The van der Waals surface area contributed by atoms with Crippen LogP contribution >= 0.6 is 0 Å².